The summed E-state index contributed by atoms with van der Waals surface area (Å²) < 4.78 is 7.12. The van der Waals surface area contributed by atoms with E-state index < -0.39 is 4.92 Å². The summed E-state index contributed by atoms with van der Waals surface area (Å²) in [7, 11) is 0. The van der Waals surface area contributed by atoms with Crippen molar-refractivity contribution in [1.82, 2.24) is 9.88 Å². The number of nitrogens with zero attached hydrogens (tertiary/aromatic N) is 2. The summed E-state index contributed by atoms with van der Waals surface area (Å²) in [5, 5.41) is 12.2. The second-order valence-corrected chi connectivity index (χ2v) is 9.81. The minimum absolute atomic E-state index is 0.0170. The first kappa shape index (κ1) is 23.5. The van der Waals surface area contributed by atoms with E-state index in [9.17, 15) is 10.1 Å². The molecule has 0 unspecified atom stereocenters. The highest BCUT2D eigenvalue weighted by Crippen LogP contribution is 2.40. The number of nitrogens with one attached hydrogen (secondary N) is 1. The largest absolute Gasteiger partial charge is 0.455 e. The molecule has 0 atom stereocenters. The molecule has 0 aliphatic heterocycles. The van der Waals surface area contributed by atoms with Crippen molar-refractivity contribution in [2.75, 3.05) is 0 Å². The van der Waals surface area contributed by atoms with Gasteiger partial charge in [-0.1, -0.05) is 30.3 Å². The van der Waals surface area contributed by atoms with Crippen LogP contribution in [0, 0.1) is 10.1 Å². The first-order valence-electron chi connectivity index (χ1n) is 10.5. The van der Waals surface area contributed by atoms with Gasteiger partial charge in [0.1, 0.15) is 5.75 Å². The van der Waals surface area contributed by atoms with Crippen LogP contribution in [0.5, 0.6) is 11.5 Å². The molecule has 0 bridgehead atoms. The van der Waals surface area contributed by atoms with Crippen molar-refractivity contribution in [2.24, 2.45) is 0 Å². The third-order valence-electron chi connectivity index (χ3n) is 5.48. The zero-order valence-corrected chi connectivity index (χ0v) is 21.4. The Kier molecular flexibility index (Phi) is 7.17. The predicted molar refractivity (Wildman–Crippen MR) is 138 cm³/mol. The number of H-pyrrole nitrogens is 1. The van der Waals surface area contributed by atoms with E-state index >= 15 is 0 Å². The Morgan fingerprint density at radius 3 is 2.36 bits per heavy atom. The molecular formula is C25H23Br2N3O3. The molecule has 0 radical (unpaired) electrons. The lowest BCUT2D eigenvalue weighted by molar-refractivity contribution is -0.385. The molecule has 0 saturated carbocycles. The van der Waals surface area contributed by atoms with Gasteiger partial charge in [0, 0.05) is 48.4 Å². The van der Waals surface area contributed by atoms with E-state index in [2.05, 4.69) is 79.9 Å². The van der Waals surface area contributed by atoms with Gasteiger partial charge >= 0.3 is 0 Å². The van der Waals surface area contributed by atoms with Crippen LogP contribution in [0.3, 0.4) is 0 Å². The summed E-state index contributed by atoms with van der Waals surface area (Å²) >= 11 is 6.78. The number of fused-ring (bicyclic) bond motifs is 1. The van der Waals surface area contributed by atoms with Crippen molar-refractivity contribution in [3.8, 4) is 11.5 Å². The summed E-state index contributed by atoms with van der Waals surface area (Å²) in [6.45, 7) is 6.07. The molecule has 0 fully saturated rings. The van der Waals surface area contributed by atoms with Crippen molar-refractivity contribution in [3.05, 3.63) is 97.0 Å². The Balaban J connectivity index is 1.60. The molecule has 0 aliphatic carbocycles. The average molecular weight is 573 g/mol. The SMILES string of the molecule is CC(C)N(Cc1ccccc1)Cc1c[nH]c2ccc(Oc3c(Br)cc([N+](=O)[O-])cc3Br)cc12. The van der Waals surface area contributed by atoms with E-state index in [0.717, 1.165) is 24.0 Å². The van der Waals surface area contributed by atoms with Crippen molar-refractivity contribution in [3.63, 3.8) is 0 Å². The third kappa shape index (κ3) is 5.46. The fourth-order valence-corrected chi connectivity index (χ4v) is 5.00. The number of nitro groups is 1. The average Bonchev–Trinajstić information content (AvgIpc) is 3.18. The van der Waals surface area contributed by atoms with E-state index in [-0.39, 0.29) is 5.69 Å². The number of non-ortho nitro benzene ring substituents is 1. The topological polar surface area (TPSA) is 71.4 Å². The first-order valence-corrected chi connectivity index (χ1v) is 12.1. The van der Waals surface area contributed by atoms with Crippen LogP contribution < -0.4 is 4.74 Å². The zero-order valence-electron chi connectivity index (χ0n) is 18.2. The fraction of sp³-hybridized carbons (Fsp3) is 0.200. The maximum absolute atomic E-state index is 11.1. The second kappa shape index (κ2) is 10.1. The summed E-state index contributed by atoms with van der Waals surface area (Å²) in [5.41, 5.74) is 3.48. The molecule has 4 aromatic rings. The Morgan fingerprint density at radius 1 is 1.03 bits per heavy atom. The van der Waals surface area contributed by atoms with Crippen molar-refractivity contribution >= 4 is 48.5 Å². The van der Waals surface area contributed by atoms with Crippen molar-refractivity contribution in [1.29, 1.82) is 0 Å². The van der Waals surface area contributed by atoms with Crippen LogP contribution in [0.4, 0.5) is 5.69 Å². The highest BCUT2D eigenvalue weighted by atomic mass is 79.9. The lowest BCUT2D eigenvalue weighted by Crippen LogP contribution is -2.29. The number of rotatable bonds is 8. The smallest absolute Gasteiger partial charge is 0.271 e. The van der Waals surface area contributed by atoms with Crippen LogP contribution in [0.1, 0.15) is 25.0 Å². The van der Waals surface area contributed by atoms with Gasteiger partial charge in [0.2, 0.25) is 0 Å². The Labute approximate surface area is 209 Å². The third-order valence-corrected chi connectivity index (χ3v) is 6.66. The van der Waals surface area contributed by atoms with Crippen molar-refractivity contribution < 1.29 is 9.66 Å². The molecule has 1 heterocycles. The van der Waals surface area contributed by atoms with Crippen LogP contribution in [0.25, 0.3) is 10.9 Å². The first-order chi connectivity index (χ1) is 15.8. The van der Waals surface area contributed by atoms with Gasteiger partial charge in [-0.2, -0.15) is 0 Å². The summed E-state index contributed by atoms with van der Waals surface area (Å²) in [4.78, 5) is 16.4. The Hall–Kier alpha value is -2.68. The number of halogens is 2. The highest BCUT2D eigenvalue weighted by Gasteiger charge is 2.17. The number of hydrogen-bond donors (Lipinski definition) is 1. The van der Waals surface area contributed by atoms with E-state index in [1.165, 1.54) is 23.3 Å². The van der Waals surface area contributed by atoms with Crippen LogP contribution in [0.15, 0.2) is 75.8 Å². The molecular weight excluding hydrogens is 550 g/mol. The molecule has 0 spiro atoms. The molecule has 4 rings (SSSR count). The number of benzene rings is 3. The normalized spacial score (nSPS) is 11.5. The molecule has 1 aromatic heterocycles. The Bertz CT molecular complexity index is 1270. The number of nitro benzene ring substituents is 1. The van der Waals surface area contributed by atoms with Gasteiger partial charge in [0.15, 0.2) is 5.75 Å². The summed E-state index contributed by atoms with van der Waals surface area (Å²) in [5.74, 6) is 1.14. The molecule has 0 aliphatic rings. The minimum Gasteiger partial charge on any atom is -0.455 e. The van der Waals surface area contributed by atoms with Gasteiger partial charge in [-0.05, 0) is 75.0 Å². The van der Waals surface area contributed by atoms with Crippen LogP contribution in [-0.2, 0) is 13.1 Å². The van der Waals surface area contributed by atoms with Gasteiger partial charge in [-0.15, -0.1) is 0 Å². The zero-order chi connectivity index (χ0) is 23.5. The minimum atomic E-state index is -0.437. The maximum atomic E-state index is 11.1. The summed E-state index contributed by atoms with van der Waals surface area (Å²) in [6, 6.07) is 19.6. The van der Waals surface area contributed by atoms with Crippen LogP contribution >= 0.6 is 31.9 Å². The van der Waals surface area contributed by atoms with Gasteiger partial charge in [-0.3, -0.25) is 15.0 Å². The quantitative estimate of drug-likeness (QED) is 0.173. The van der Waals surface area contributed by atoms with Crippen LogP contribution in [0.2, 0.25) is 0 Å². The highest BCUT2D eigenvalue weighted by molar-refractivity contribution is 9.11. The molecule has 1 N–H and O–H groups in total. The molecule has 0 saturated heterocycles. The molecule has 170 valence electrons. The van der Waals surface area contributed by atoms with Crippen molar-refractivity contribution in [2.45, 2.75) is 33.0 Å². The monoisotopic (exact) mass is 571 g/mol. The predicted octanol–water partition coefficient (Wildman–Crippen LogP) is 7.80. The fourth-order valence-electron chi connectivity index (χ4n) is 3.68. The Morgan fingerprint density at radius 2 is 1.73 bits per heavy atom. The molecule has 0 amide bonds. The molecule has 3 aromatic carbocycles. The standard InChI is InChI=1S/C25H23Br2N3O3/c1-16(2)29(14-17-6-4-3-5-7-17)15-18-13-28-24-9-8-20(12-21(18)24)33-25-22(26)10-19(30(31)32)11-23(25)27/h3-13,16,28H,14-15H2,1-2H3. The molecule has 6 nitrogen and oxygen atoms in total. The van der Waals surface area contributed by atoms with E-state index in [1.54, 1.807) is 0 Å². The van der Waals surface area contributed by atoms with E-state index in [4.69, 9.17) is 4.74 Å². The summed E-state index contributed by atoms with van der Waals surface area (Å²) in [6.07, 6.45) is 2.05. The molecule has 8 heteroatoms. The number of ether oxygens (including phenoxy) is 1. The second-order valence-electron chi connectivity index (χ2n) is 8.10. The van der Waals surface area contributed by atoms with Crippen LogP contribution in [-0.4, -0.2) is 20.8 Å². The maximum Gasteiger partial charge on any atom is 0.271 e. The number of hydrogen-bond acceptors (Lipinski definition) is 4. The van der Waals surface area contributed by atoms with E-state index in [0.29, 0.717) is 26.5 Å². The lowest BCUT2D eigenvalue weighted by atomic mass is 10.1. The van der Waals surface area contributed by atoms with E-state index in [1.807, 2.05) is 30.5 Å². The molecule has 33 heavy (non-hydrogen) atoms. The van der Waals surface area contributed by atoms with Gasteiger partial charge in [0.25, 0.3) is 5.69 Å². The van der Waals surface area contributed by atoms with Gasteiger partial charge in [0.05, 0.1) is 13.9 Å². The van der Waals surface area contributed by atoms with Gasteiger partial charge in [-0.25, -0.2) is 0 Å². The lowest BCUT2D eigenvalue weighted by Gasteiger charge is -2.26. The number of aromatic nitrogens is 1. The number of aromatic amines is 1. The van der Waals surface area contributed by atoms with Gasteiger partial charge < -0.3 is 9.72 Å².